The smallest absolute Gasteiger partial charge is 0.251 e. The monoisotopic (exact) mass is 345 g/mol. The van der Waals surface area contributed by atoms with Crippen LogP contribution in [0.2, 0.25) is 0 Å². The maximum atomic E-state index is 13.0. The van der Waals surface area contributed by atoms with Crippen LogP contribution in [0.25, 0.3) is 0 Å². The highest BCUT2D eigenvalue weighted by Gasteiger charge is 2.36. The summed E-state index contributed by atoms with van der Waals surface area (Å²) in [6, 6.07) is 9.55. The van der Waals surface area contributed by atoms with E-state index >= 15 is 0 Å². The minimum atomic E-state index is -3.61. The van der Waals surface area contributed by atoms with E-state index in [-0.39, 0.29) is 16.8 Å². The Morgan fingerprint density at radius 2 is 2.00 bits per heavy atom. The van der Waals surface area contributed by atoms with Crippen molar-refractivity contribution in [3.05, 3.63) is 59.9 Å². The maximum absolute atomic E-state index is 13.0. The molecule has 24 heavy (non-hydrogen) atoms. The van der Waals surface area contributed by atoms with Crippen LogP contribution in [-0.4, -0.2) is 37.2 Å². The molecule has 2 aromatic rings. The lowest BCUT2D eigenvalue weighted by atomic mass is 10.1. The first-order chi connectivity index (χ1) is 11.5. The molecule has 1 N–H and O–H groups in total. The number of nitrogens with one attached hydrogen (secondary N) is 1. The molecule has 1 aromatic heterocycles. The topological polar surface area (TPSA) is 79.4 Å². The molecule has 126 valence electrons. The molecule has 1 amide bonds. The van der Waals surface area contributed by atoms with E-state index in [1.807, 2.05) is 12.1 Å². The molecule has 1 atom stereocenters. The number of rotatable bonds is 4. The van der Waals surface area contributed by atoms with Gasteiger partial charge in [-0.1, -0.05) is 6.07 Å². The van der Waals surface area contributed by atoms with Gasteiger partial charge in [-0.15, -0.1) is 0 Å². The summed E-state index contributed by atoms with van der Waals surface area (Å²) in [5, 5.41) is 2.52. The Morgan fingerprint density at radius 1 is 1.25 bits per heavy atom. The van der Waals surface area contributed by atoms with Gasteiger partial charge < -0.3 is 5.32 Å². The predicted octanol–water partition coefficient (Wildman–Crippen LogP) is 1.97. The van der Waals surface area contributed by atoms with Gasteiger partial charge in [0.25, 0.3) is 5.91 Å². The fraction of sp³-hybridized carbons (Fsp3) is 0.294. The second kappa shape index (κ2) is 6.70. The third kappa shape index (κ3) is 3.05. The number of amides is 1. The van der Waals surface area contributed by atoms with Crippen LogP contribution in [0.1, 0.15) is 34.8 Å². The van der Waals surface area contributed by atoms with Crippen LogP contribution in [0.3, 0.4) is 0 Å². The number of nitrogens with zero attached hydrogens (tertiary/aromatic N) is 2. The van der Waals surface area contributed by atoms with E-state index in [9.17, 15) is 13.2 Å². The molecule has 3 rings (SSSR count). The molecule has 7 heteroatoms. The number of hydrogen-bond acceptors (Lipinski definition) is 4. The van der Waals surface area contributed by atoms with E-state index in [0.29, 0.717) is 12.1 Å². The Hall–Kier alpha value is -2.25. The molecule has 1 unspecified atom stereocenters. The van der Waals surface area contributed by atoms with Crippen LogP contribution in [-0.2, 0) is 10.0 Å². The van der Waals surface area contributed by atoms with Gasteiger partial charge in [0, 0.05) is 31.5 Å². The van der Waals surface area contributed by atoms with Crippen LogP contribution in [0.4, 0.5) is 0 Å². The molecule has 1 aliphatic rings. The zero-order chi connectivity index (χ0) is 17.2. The molecule has 0 radical (unpaired) electrons. The SMILES string of the molecule is CNC(=O)c1ccc(S(=O)(=O)N2CCCC2c2cccnc2)cc1. The maximum Gasteiger partial charge on any atom is 0.251 e. The fourth-order valence-corrected chi connectivity index (χ4v) is 4.67. The highest BCUT2D eigenvalue weighted by Crippen LogP contribution is 2.36. The molecule has 0 aliphatic carbocycles. The van der Waals surface area contributed by atoms with Crippen molar-refractivity contribution in [2.24, 2.45) is 0 Å². The van der Waals surface area contributed by atoms with Crippen molar-refractivity contribution in [2.75, 3.05) is 13.6 Å². The number of pyridine rings is 1. The third-order valence-electron chi connectivity index (χ3n) is 4.22. The fourth-order valence-electron chi connectivity index (χ4n) is 2.99. The summed E-state index contributed by atoms with van der Waals surface area (Å²) in [6.45, 7) is 0.485. The van der Waals surface area contributed by atoms with Gasteiger partial charge in [0.2, 0.25) is 10.0 Å². The highest BCUT2D eigenvalue weighted by atomic mass is 32.2. The number of hydrogen-bond donors (Lipinski definition) is 1. The quantitative estimate of drug-likeness (QED) is 0.919. The first-order valence-electron chi connectivity index (χ1n) is 7.78. The summed E-state index contributed by atoms with van der Waals surface area (Å²) >= 11 is 0. The van der Waals surface area contributed by atoms with Gasteiger partial charge in [-0.25, -0.2) is 8.42 Å². The summed E-state index contributed by atoms with van der Waals surface area (Å²) in [6.07, 6.45) is 4.98. The van der Waals surface area contributed by atoms with Gasteiger partial charge >= 0.3 is 0 Å². The zero-order valence-electron chi connectivity index (χ0n) is 13.3. The van der Waals surface area contributed by atoms with E-state index in [2.05, 4.69) is 10.3 Å². The second-order valence-electron chi connectivity index (χ2n) is 5.66. The number of aromatic nitrogens is 1. The standard InChI is InChI=1S/C17H19N3O3S/c1-18-17(21)13-6-8-15(9-7-13)24(22,23)20-11-3-5-16(20)14-4-2-10-19-12-14/h2,4,6-10,12,16H,3,5,11H2,1H3,(H,18,21). The Balaban J connectivity index is 1.91. The van der Waals surface area contributed by atoms with Crippen LogP contribution in [0.15, 0.2) is 53.7 Å². The Morgan fingerprint density at radius 3 is 2.62 bits per heavy atom. The summed E-state index contributed by atoms with van der Waals surface area (Å²) in [5.74, 6) is -0.242. The highest BCUT2D eigenvalue weighted by molar-refractivity contribution is 7.89. The summed E-state index contributed by atoms with van der Waals surface area (Å²) in [4.78, 5) is 15.9. The van der Waals surface area contributed by atoms with Crippen molar-refractivity contribution in [1.82, 2.24) is 14.6 Å². The van der Waals surface area contributed by atoms with Gasteiger partial charge in [-0.05, 0) is 48.7 Å². The van der Waals surface area contributed by atoms with Gasteiger partial charge in [-0.3, -0.25) is 9.78 Å². The first-order valence-corrected chi connectivity index (χ1v) is 9.22. The lowest BCUT2D eigenvalue weighted by molar-refractivity contribution is 0.0963. The minimum absolute atomic E-state index is 0.192. The van der Waals surface area contributed by atoms with Crippen molar-refractivity contribution in [3.8, 4) is 0 Å². The molecular formula is C17H19N3O3S. The molecule has 1 aliphatic heterocycles. The predicted molar refractivity (Wildman–Crippen MR) is 89.9 cm³/mol. The summed E-state index contributed by atoms with van der Waals surface area (Å²) < 4.78 is 27.5. The minimum Gasteiger partial charge on any atom is -0.355 e. The van der Waals surface area contributed by atoms with Crippen LogP contribution in [0, 0.1) is 0 Å². The normalized spacial score (nSPS) is 18.5. The number of sulfonamides is 1. The van der Waals surface area contributed by atoms with E-state index in [1.54, 1.807) is 12.4 Å². The molecule has 2 heterocycles. The van der Waals surface area contributed by atoms with Crippen molar-refractivity contribution in [1.29, 1.82) is 0 Å². The number of carbonyl (C=O) groups excluding carboxylic acids is 1. The zero-order valence-corrected chi connectivity index (χ0v) is 14.2. The van der Waals surface area contributed by atoms with Gasteiger partial charge in [0.1, 0.15) is 0 Å². The third-order valence-corrected chi connectivity index (χ3v) is 6.15. The van der Waals surface area contributed by atoms with Crippen LogP contribution >= 0.6 is 0 Å². The second-order valence-corrected chi connectivity index (χ2v) is 7.55. The van der Waals surface area contributed by atoms with Crippen molar-refractivity contribution < 1.29 is 13.2 Å². The average molecular weight is 345 g/mol. The molecule has 1 saturated heterocycles. The van der Waals surface area contributed by atoms with E-state index in [0.717, 1.165) is 18.4 Å². The largest absolute Gasteiger partial charge is 0.355 e. The molecular weight excluding hydrogens is 326 g/mol. The van der Waals surface area contributed by atoms with Crippen molar-refractivity contribution >= 4 is 15.9 Å². The van der Waals surface area contributed by atoms with Crippen molar-refractivity contribution in [2.45, 2.75) is 23.8 Å². The molecule has 0 spiro atoms. The Bertz CT molecular complexity index is 820. The number of carbonyl (C=O) groups is 1. The summed E-state index contributed by atoms with van der Waals surface area (Å²) in [5.41, 5.74) is 1.34. The molecule has 6 nitrogen and oxygen atoms in total. The molecule has 0 saturated carbocycles. The average Bonchev–Trinajstić information content (AvgIpc) is 3.12. The molecule has 1 aromatic carbocycles. The molecule has 0 bridgehead atoms. The number of benzene rings is 1. The lowest BCUT2D eigenvalue weighted by Gasteiger charge is -2.24. The van der Waals surface area contributed by atoms with E-state index < -0.39 is 10.0 Å². The Kier molecular flexibility index (Phi) is 4.64. The lowest BCUT2D eigenvalue weighted by Crippen LogP contribution is -2.30. The summed E-state index contributed by atoms with van der Waals surface area (Å²) in [7, 11) is -2.07. The van der Waals surface area contributed by atoms with Gasteiger partial charge in [0.15, 0.2) is 0 Å². The molecule has 1 fully saturated rings. The van der Waals surface area contributed by atoms with Crippen molar-refractivity contribution in [3.63, 3.8) is 0 Å². The van der Waals surface area contributed by atoms with Gasteiger partial charge in [-0.2, -0.15) is 4.31 Å². The van der Waals surface area contributed by atoms with Gasteiger partial charge in [0.05, 0.1) is 10.9 Å². The first kappa shape index (κ1) is 16.6. The van der Waals surface area contributed by atoms with E-state index in [1.165, 1.54) is 35.6 Å². The Labute approximate surface area is 141 Å². The van der Waals surface area contributed by atoms with Crippen LogP contribution in [0.5, 0.6) is 0 Å². The van der Waals surface area contributed by atoms with E-state index in [4.69, 9.17) is 0 Å². The van der Waals surface area contributed by atoms with Crippen LogP contribution < -0.4 is 5.32 Å².